The molecule has 0 radical (unpaired) electrons. The van der Waals surface area contributed by atoms with E-state index in [4.69, 9.17) is 5.11 Å². The maximum absolute atomic E-state index is 12.3. The fourth-order valence-corrected chi connectivity index (χ4v) is 2.55. The summed E-state index contributed by atoms with van der Waals surface area (Å²) in [6.45, 7) is 5.25. The molecule has 1 aromatic heterocycles. The van der Waals surface area contributed by atoms with Crippen LogP contribution in [0.1, 0.15) is 37.7 Å². The number of H-pyrrole nitrogens is 1. The SMILES string of the molecule is Cc1ccc(NC(=O)c2c(C)[nH]c(C(=O)O)c2C)cc1Br. The Bertz CT molecular complexity index is 735. The number of aromatic carboxylic acids is 1. The Labute approximate surface area is 130 Å². The second kappa shape index (κ2) is 5.73. The summed E-state index contributed by atoms with van der Waals surface area (Å²) >= 11 is 3.41. The number of aryl methyl sites for hydroxylation is 2. The van der Waals surface area contributed by atoms with Crippen molar-refractivity contribution in [2.75, 3.05) is 5.32 Å². The van der Waals surface area contributed by atoms with E-state index in [2.05, 4.69) is 26.2 Å². The number of rotatable bonds is 3. The molecule has 0 atom stereocenters. The normalized spacial score (nSPS) is 10.5. The van der Waals surface area contributed by atoms with Crippen molar-refractivity contribution in [2.24, 2.45) is 0 Å². The molecule has 3 N–H and O–H groups in total. The molecule has 0 aliphatic carbocycles. The molecule has 2 rings (SSSR count). The Balaban J connectivity index is 2.32. The minimum Gasteiger partial charge on any atom is -0.477 e. The van der Waals surface area contributed by atoms with Crippen LogP contribution in [-0.2, 0) is 0 Å². The Morgan fingerprint density at radius 2 is 1.90 bits per heavy atom. The lowest BCUT2D eigenvalue weighted by Gasteiger charge is -2.07. The fraction of sp³-hybridized carbons (Fsp3) is 0.200. The van der Waals surface area contributed by atoms with Crippen LogP contribution in [0, 0.1) is 20.8 Å². The highest BCUT2D eigenvalue weighted by Gasteiger charge is 2.21. The lowest BCUT2D eigenvalue weighted by atomic mass is 10.1. The van der Waals surface area contributed by atoms with Crippen LogP contribution in [0.25, 0.3) is 0 Å². The molecule has 0 aliphatic rings. The fourth-order valence-electron chi connectivity index (χ4n) is 2.17. The summed E-state index contributed by atoms with van der Waals surface area (Å²) in [5, 5.41) is 11.9. The lowest BCUT2D eigenvalue weighted by Crippen LogP contribution is -2.14. The highest BCUT2D eigenvalue weighted by Crippen LogP contribution is 2.23. The van der Waals surface area contributed by atoms with Crippen molar-refractivity contribution in [3.8, 4) is 0 Å². The number of carbonyl (C=O) groups is 2. The topological polar surface area (TPSA) is 82.2 Å². The summed E-state index contributed by atoms with van der Waals surface area (Å²) in [4.78, 5) is 26.2. The third kappa shape index (κ3) is 3.00. The van der Waals surface area contributed by atoms with Crippen molar-refractivity contribution < 1.29 is 14.7 Å². The van der Waals surface area contributed by atoms with Gasteiger partial charge in [-0.15, -0.1) is 0 Å². The second-order valence-corrected chi connectivity index (χ2v) is 5.70. The number of amides is 1. The van der Waals surface area contributed by atoms with E-state index < -0.39 is 5.97 Å². The summed E-state index contributed by atoms with van der Waals surface area (Å²) < 4.78 is 0.897. The molecular weight excluding hydrogens is 336 g/mol. The number of hydrogen-bond acceptors (Lipinski definition) is 2. The average molecular weight is 351 g/mol. The zero-order chi connectivity index (χ0) is 15.7. The Kier molecular flexibility index (Phi) is 4.18. The first-order valence-corrected chi connectivity index (χ1v) is 7.10. The zero-order valence-electron chi connectivity index (χ0n) is 11.9. The van der Waals surface area contributed by atoms with E-state index in [-0.39, 0.29) is 11.6 Å². The van der Waals surface area contributed by atoms with Gasteiger partial charge in [-0.1, -0.05) is 22.0 Å². The molecule has 2 aromatic rings. The van der Waals surface area contributed by atoms with E-state index in [1.807, 2.05) is 19.1 Å². The second-order valence-electron chi connectivity index (χ2n) is 4.85. The maximum atomic E-state index is 12.3. The summed E-state index contributed by atoms with van der Waals surface area (Å²) in [6.07, 6.45) is 0. The number of benzene rings is 1. The number of halogens is 1. The molecule has 21 heavy (non-hydrogen) atoms. The molecule has 0 aliphatic heterocycles. The number of aromatic nitrogens is 1. The van der Waals surface area contributed by atoms with Crippen LogP contribution in [0.4, 0.5) is 5.69 Å². The van der Waals surface area contributed by atoms with Crippen LogP contribution in [-0.4, -0.2) is 22.0 Å². The number of anilines is 1. The quantitative estimate of drug-likeness (QED) is 0.789. The molecule has 0 fully saturated rings. The van der Waals surface area contributed by atoms with Gasteiger partial charge < -0.3 is 15.4 Å². The minimum absolute atomic E-state index is 0.0442. The van der Waals surface area contributed by atoms with Crippen LogP contribution >= 0.6 is 15.9 Å². The van der Waals surface area contributed by atoms with Crippen molar-refractivity contribution in [2.45, 2.75) is 20.8 Å². The first-order chi connectivity index (χ1) is 9.81. The Morgan fingerprint density at radius 1 is 1.24 bits per heavy atom. The summed E-state index contributed by atoms with van der Waals surface area (Å²) in [6, 6.07) is 5.50. The van der Waals surface area contributed by atoms with E-state index in [0.29, 0.717) is 22.5 Å². The van der Waals surface area contributed by atoms with E-state index in [1.54, 1.807) is 19.9 Å². The molecular formula is C15H15BrN2O3. The Morgan fingerprint density at radius 3 is 2.43 bits per heavy atom. The van der Waals surface area contributed by atoms with Crippen molar-refractivity contribution >= 4 is 33.5 Å². The predicted octanol–water partition coefficient (Wildman–Crippen LogP) is 3.65. The van der Waals surface area contributed by atoms with Gasteiger partial charge in [0.2, 0.25) is 0 Å². The van der Waals surface area contributed by atoms with Crippen LogP contribution < -0.4 is 5.32 Å². The molecule has 0 saturated heterocycles. The van der Waals surface area contributed by atoms with Crippen molar-refractivity contribution in [3.05, 3.63) is 50.8 Å². The van der Waals surface area contributed by atoms with E-state index in [9.17, 15) is 9.59 Å². The van der Waals surface area contributed by atoms with E-state index >= 15 is 0 Å². The minimum atomic E-state index is -1.08. The van der Waals surface area contributed by atoms with Gasteiger partial charge in [0.15, 0.2) is 0 Å². The standard InChI is InChI=1S/C15H15BrN2O3/c1-7-4-5-10(6-11(7)16)18-14(19)12-8(2)13(15(20)21)17-9(12)3/h4-6,17H,1-3H3,(H,18,19)(H,20,21). The molecule has 5 nitrogen and oxygen atoms in total. The van der Waals surface area contributed by atoms with Gasteiger partial charge in [-0.25, -0.2) is 4.79 Å². The monoisotopic (exact) mass is 350 g/mol. The van der Waals surface area contributed by atoms with Crippen molar-refractivity contribution in [1.29, 1.82) is 0 Å². The predicted molar refractivity (Wildman–Crippen MR) is 84.1 cm³/mol. The number of carboxylic acids is 1. The first kappa shape index (κ1) is 15.3. The van der Waals surface area contributed by atoms with E-state index in [1.165, 1.54) is 0 Å². The third-order valence-electron chi connectivity index (χ3n) is 3.31. The molecule has 0 saturated carbocycles. The van der Waals surface area contributed by atoms with Crippen molar-refractivity contribution in [1.82, 2.24) is 4.98 Å². The van der Waals surface area contributed by atoms with Gasteiger partial charge in [-0.05, 0) is 44.0 Å². The van der Waals surface area contributed by atoms with Crippen molar-refractivity contribution in [3.63, 3.8) is 0 Å². The van der Waals surface area contributed by atoms with Gasteiger partial charge in [0, 0.05) is 15.9 Å². The van der Waals surface area contributed by atoms with Gasteiger partial charge in [-0.2, -0.15) is 0 Å². The first-order valence-electron chi connectivity index (χ1n) is 6.31. The summed E-state index contributed by atoms with van der Waals surface area (Å²) in [5.74, 6) is -1.41. The molecule has 1 aromatic carbocycles. The number of aromatic amines is 1. The molecule has 0 unspecified atom stereocenters. The molecule has 110 valence electrons. The van der Waals surface area contributed by atoms with Gasteiger partial charge in [0.05, 0.1) is 5.56 Å². The highest BCUT2D eigenvalue weighted by molar-refractivity contribution is 9.10. The largest absolute Gasteiger partial charge is 0.477 e. The number of carboxylic acid groups (broad SMARTS) is 1. The number of nitrogens with one attached hydrogen (secondary N) is 2. The van der Waals surface area contributed by atoms with Crippen LogP contribution in [0.3, 0.4) is 0 Å². The van der Waals surface area contributed by atoms with Crippen LogP contribution in [0.5, 0.6) is 0 Å². The lowest BCUT2D eigenvalue weighted by molar-refractivity contribution is 0.0690. The molecule has 6 heteroatoms. The van der Waals surface area contributed by atoms with Gasteiger partial charge >= 0.3 is 5.97 Å². The van der Waals surface area contributed by atoms with Crippen LogP contribution in [0.2, 0.25) is 0 Å². The molecule has 0 bridgehead atoms. The van der Waals surface area contributed by atoms with E-state index in [0.717, 1.165) is 10.0 Å². The molecule has 0 spiro atoms. The zero-order valence-corrected chi connectivity index (χ0v) is 13.5. The Hall–Kier alpha value is -2.08. The molecule has 1 heterocycles. The van der Waals surface area contributed by atoms with Gasteiger partial charge in [-0.3, -0.25) is 4.79 Å². The smallest absolute Gasteiger partial charge is 0.352 e. The van der Waals surface area contributed by atoms with Gasteiger partial charge in [0.1, 0.15) is 5.69 Å². The average Bonchev–Trinajstić information content (AvgIpc) is 2.69. The molecule has 1 amide bonds. The highest BCUT2D eigenvalue weighted by atomic mass is 79.9. The third-order valence-corrected chi connectivity index (χ3v) is 4.16. The maximum Gasteiger partial charge on any atom is 0.352 e. The summed E-state index contributed by atoms with van der Waals surface area (Å²) in [5.41, 5.74) is 3.09. The van der Waals surface area contributed by atoms with Crippen LogP contribution in [0.15, 0.2) is 22.7 Å². The number of hydrogen-bond donors (Lipinski definition) is 3. The van der Waals surface area contributed by atoms with Gasteiger partial charge in [0.25, 0.3) is 5.91 Å². The number of carbonyl (C=O) groups excluding carboxylic acids is 1. The summed E-state index contributed by atoms with van der Waals surface area (Å²) in [7, 11) is 0.